The van der Waals surface area contributed by atoms with E-state index in [4.69, 9.17) is 0 Å². The van der Waals surface area contributed by atoms with Gasteiger partial charge in [-0.1, -0.05) is 26.2 Å². The van der Waals surface area contributed by atoms with Crippen LogP contribution in [-0.2, 0) is 13.6 Å². The number of hydrogen-bond acceptors (Lipinski definition) is 2. The SMILES string of the molecule is CCN(Cc1cnn(C)c1)C1CCCCC1. The third-order valence-corrected chi connectivity index (χ3v) is 3.64. The van der Waals surface area contributed by atoms with E-state index < -0.39 is 0 Å². The molecule has 1 aromatic rings. The maximum absolute atomic E-state index is 4.24. The first kappa shape index (κ1) is 11.6. The Kier molecular flexibility index (Phi) is 3.99. The molecule has 2 rings (SSSR count). The first-order valence-corrected chi connectivity index (χ1v) is 6.51. The molecule has 16 heavy (non-hydrogen) atoms. The predicted octanol–water partition coefficient (Wildman–Crippen LogP) is 2.57. The second-order valence-electron chi connectivity index (χ2n) is 4.88. The summed E-state index contributed by atoms with van der Waals surface area (Å²) in [6, 6.07) is 0.805. The molecule has 3 nitrogen and oxygen atoms in total. The maximum atomic E-state index is 4.24. The van der Waals surface area contributed by atoms with Gasteiger partial charge in [-0.2, -0.15) is 5.10 Å². The molecule has 0 atom stereocenters. The molecule has 0 spiro atoms. The molecule has 0 aromatic carbocycles. The van der Waals surface area contributed by atoms with E-state index >= 15 is 0 Å². The Labute approximate surface area is 98.4 Å². The molecular weight excluding hydrogens is 198 g/mol. The normalized spacial score (nSPS) is 18.2. The van der Waals surface area contributed by atoms with Crippen LogP contribution in [-0.4, -0.2) is 27.3 Å². The van der Waals surface area contributed by atoms with Crippen LogP contribution in [0.2, 0.25) is 0 Å². The molecule has 0 N–H and O–H groups in total. The lowest BCUT2D eigenvalue weighted by atomic mass is 9.94. The van der Waals surface area contributed by atoms with Crippen molar-refractivity contribution in [2.24, 2.45) is 7.05 Å². The lowest BCUT2D eigenvalue weighted by Gasteiger charge is -2.33. The zero-order valence-electron chi connectivity index (χ0n) is 10.5. The molecule has 0 saturated heterocycles. The van der Waals surface area contributed by atoms with Crippen LogP contribution >= 0.6 is 0 Å². The third-order valence-electron chi connectivity index (χ3n) is 3.64. The molecule has 1 fully saturated rings. The topological polar surface area (TPSA) is 21.1 Å². The Morgan fingerprint density at radius 1 is 1.38 bits per heavy atom. The minimum absolute atomic E-state index is 0.805. The fourth-order valence-electron chi connectivity index (χ4n) is 2.73. The highest BCUT2D eigenvalue weighted by Gasteiger charge is 2.19. The van der Waals surface area contributed by atoms with Crippen LogP contribution in [0, 0.1) is 0 Å². The summed E-state index contributed by atoms with van der Waals surface area (Å²) in [5, 5.41) is 4.24. The van der Waals surface area contributed by atoms with Crippen molar-refractivity contribution in [1.82, 2.24) is 14.7 Å². The Morgan fingerprint density at radius 3 is 2.69 bits per heavy atom. The molecule has 1 aliphatic rings. The molecule has 90 valence electrons. The summed E-state index contributed by atoms with van der Waals surface area (Å²) in [5.41, 5.74) is 1.34. The van der Waals surface area contributed by atoms with Gasteiger partial charge in [-0.05, 0) is 19.4 Å². The zero-order valence-corrected chi connectivity index (χ0v) is 10.5. The Hall–Kier alpha value is -0.830. The van der Waals surface area contributed by atoms with Crippen molar-refractivity contribution in [3.05, 3.63) is 18.0 Å². The molecule has 1 aromatic heterocycles. The number of aryl methyl sites for hydroxylation is 1. The zero-order chi connectivity index (χ0) is 11.4. The van der Waals surface area contributed by atoms with E-state index in [2.05, 4.69) is 23.1 Å². The molecule has 0 bridgehead atoms. The van der Waals surface area contributed by atoms with Gasteiger partial charge in [-0.15, -0.1) is 0 Å². The van der Waals surface area contributed by atoms with E-state index in [0.717, 1.165) is 19.1 Å². The van der Waals surface area contributed by atoms with Crippen LogP contribution < -0.4 is 0 Å². The van der Waals surface area contributed by atoms with E-state index in [1.807, 2.05) is 17.9 Å². The maximum Gasteiger partial charge on any atom is 0.0534 e. The molecule has 1 heterocycles. The van der Waals surface area contributed by atoms with Crippen molar-refractivity contribution >= 4 is 0 Å². The van der Waals surface area contributed by atoms with Crippen molar-refractivity contribution in [3.63, 3.8) is 0 Å². The van der Waals surface area contributed by atoms with Gasteiger partial charge in [0.1, 0.15) is 0 Å². The van der Waals surface area contributed by atoms with E-state index in [9.17, 15) is 0 Å². The van der Waals surface area contributed by atoms with Crippen LogP contribution in [0.1, 0.15) is 44.6 Å². The lowest BCUT2D eigenvalue weighted by Crippen LogP contribution is -2.36. The van der Waals surface area contributed by atoms with Crippen molar-refractivity contribution in [2.75, 3.05) is 6.54 Å². The van der Waals surface area contributed by atoms with Gasteiger partial charge in [-0.3, -0.25) is 9.58 Å². The van der Waals surface area contributed by atoms with Gasteiger partial charge in [0, 0.05) is 31.4 Å². The second kappa shape index (κ2) is 5.48. The minimum atomic E-state index is 0.805. The summed E-state index contributed by atoms with van der Waals surface area (Å²) in [4.78, 5) is 2.61. The molecule has 0 aliphatic heterocycles. The summed E-state index contributed by atoms with van der Waals surface area (Å²) < 4.78 is 1.89. The summed E-state index contributed by atoms with van der Waals surface area (Å²) >= 11 is 0. The quantitative estimate of drug-likeness (QED) is 0.779. The van der Waals surface area contributed by atoms with Gasteiger partial charge >= 0.3 is 0 Å². The van der Waals surface area contributed by atoms with Gasteiger partial charge in [0.2, 0.25) is 0 Å². The van der Waals surface area contributed by atoms with E-state index in [1.165, 1.54) is 37.7 Å². The Bertz CT molecular complexity index is 313. The van der Waals surface area contributed by atoms with Gasteiger partial charge < -0.3 is 0 Å². The monoisotopic (exact) mass is 221 g/mol. The Balaban J connectivity index is 1.94. The van der Waals surface area contributed by atoms with Gasteiger partial charge in [-0.25, -0.2) is 0 Å². The third kappa shape index (κ3) is 2.85. The van der Waals surface area contributed by atoms with Crippen LogP contribution in [0.15, 0.2) is 12.4 Å². The molecular formula is C13H23N3. The van der Waals surface area contributed by atoms with Crippen LogP contribution in [0.25, 0.3) is 0 Å². The average Bonchev–Trinajstić information content (AvgIpc) is 2.73. The largest absolute Gasteiger partial charge is 0.296 e. The summed E-state index contributed by atoms with van der Waals surface area (Å²) in [6.45, 7) is 4.49. The van der Waals surface area contributed by atoms with E-state index in [-0.39, 0.29) is 0 Å². The van der Waals surface area contributed by atoms with Crippen molar-refractivity contribution in [3.8, 4) is 0 Å². The van der Waals surface area contributed by atoms with Gasteiger partial charge in [0.25, 0.3) is 0 Å². The smallest absolute Gasteiger partial charge is 0.0534 e. The highest BCUT2D eigenvalue weighted by atomic mass is 15.2. The number of rotatable bonds is 4. The van der Waals surface area contributed by atoms with Crippen LogP contribution in [0.5, 0.6) is 0 Å². The second-order valence-corrected chi connectivity index (χ2v) is 4.88. The summed E-state index contributed by atoms with van der Waals surface area (Å²) in [5.74, 6) is 0. The van der Waals surface area contributed by atoms with E-state index in [1.54, 1.807) is 0 Å². The molecule has 0 radical (unpaired) electrons. The number of aromatic nitrogens is 2. The highest BCUT2D eigenvalue weighted by molar-refractivity contribution is 5.03. The highest BCUT2D eigenvalue weighted by Crippen LogP contribution is 2.23. The first-order chi connectivity index (χ1) is 7.79. The predicted molar refractivity (Wildman–Crippen MR) is 66.2 cm³/mol. The lowest BCUT2D eigenvalue weighted by molar-refractivity contribution is 0.156. The fraction of sp³-hybridized carbons (Fsp3) is 0.769. The molecule has 0 unspecified atom stereocenters. The number of hydrogen-bond donors (Lipinski definition) is 0. The van der Waals surface area contributed by atoms with Crippen molar-refractivity contribution in [1.29, 1.82) is 0 Å². The van der Waals surface area contributed by atoms with Gasteiger partial charge in [0.05, 0.1) is 6.20 Å². The molecule has 0 amide bonds. The fourth-order valence-corrected chi connectivity index (χ4v) is 2.73. The Morgan fingerprint density at radius 2 is 2.12 bits per heavy atom. The summed E-state index contributed by atoms with van der Waals surface area (Å²) in [7, 11) is 1.99. The van der Waals surface area contributed by atoms with Gasteiger partial charge in [0.15, 0.2) is 0 Å². The van der Waals surface area contributed by atoms with Crippen LogP contribution in [0.4, 0.5) is 0 Å². The average molecular weight is 221 g/mol. The van der Waals surface area contributed by atoms with Crippen molar-refractivity contribution in [2.45, 2.75) is 51.6 Å². The molecule has 3 heteroatoms. The van der Waals surface area contributed by atoms with Crippen LogP contribution in [0.3, 0.4) is 0 Å². The van der Waals surface area contributed by atoms with E-state index in [0.29, 0.717) is 0 Å². The minimum Gasteiger partial charge on any atom is -0.296 e. The molecule has 1 saturated carbocycles. The standard InChI is InChI=1S/C13H23N3/c1-3-16(13-7-5-4-6-8-13)11-12-9-14-15(2)10-12/h9-10,13H,3-8,11H2,1-2H3. The number of nitrogens with zero attached hydrogens (tertiary/aromatic N) is 3. The van der Waals surface area contributed by atoms with Crippen molar-refractivity contribution < 1.29 is 0 Å². The summed E-state index contributed by atoms with van der Waals surface area (Å²) in [6.07, 6.45) is 11.1. The molecule has 1 aliphatic carbocycles. The first-order valence-electron chi connectivity index (χ1n) is 6.51.